The van der Waals surface area contributed by atoms with E-state index in [9.17, 15) is 18.0 Å². The van der Waals surface area contributed by atoms with Crippen LogP contribution >= 0.6 is 11.3 Å². The van der Waals surface area contributed by atoms with E-state index in [1.54, 1.807) is 13.0 Å². The maximum absolute atomic E-state index is 13.0. The third kappa shape index (κ3) is 4.33. The first-order chi connectivity index (χ1) is 13.8. The van der Waals surface area contributed by atoms with Gasteiger partial charge in [-0.2, -0.15) is 13.2 Å². The van der Waals surface area contributed by atoms with Crippen LogP contribution in [0.15, 0.2) is 24.3 Å². The number of hydrogen-bond donors (Lipinski definition) is 1. The number of aryl methyl sites for hydroxylation is 2. The molecule has 160 valence electrons. The molecule has 3 rings (SSSR count). The molecular formula is C22H24F3N3OS. The Labute approximate surface area is 177 Å². The van der Waals surface area contributed by atoms with Crippen molar-refractivity contribution in [1.29, 1.82) is 0 Å². The van der Waals surface area contributed by atoms with E-state index in [2.05, 4.69) is 15.3 Å². The summed E-state index contributed by atoms with van der Waals surface area (Å²) in [6.45, 7) is 11.5. The van der Waals surface area contributed by atoms with Crippen LogP contribution in [0.4, 0.5) is 13.2 Å². The molecule has 0 saturated carbocycles. The average Bonchev–Trinajstić information content (AvgIpc) is 2.97. The van der Waals surface area contributed by atoms with Gasteiger partial charge in [-0.25, -0.2) is 9.97 Å². The van der Waals surface area contributed by atoms with E-state index in [1.165, 1.54) is 17.4 Å². The second-order valence-corrected chi connectivity index (χ2v) is 9.44. The van der Waals surface area contributed by atoms with Gasteiger partial charge in [-0.1, -0.05) is 32.9 Å². The Bertz CT molecular complexity index is 1110. The summed E-state index contributed by atoms with van der Waals surface area (Å²) >= 11 is 1.28. The van der Waals surface area contributed by atoms with Crippen LogP contribution in [0.2, 0.25) is 0 Å². The molecule has 1 aromatic carbocycles. The summed E-state index contributed by atoms with van der Waals surface area (Å²) in [6.07, 6.45) is -4.43. The van der Waals surface area contributed by atoms with E-state index >= 15 is 0 Å². The van der Waals surface area contributed by atoms with E-state index in [1.807, 2.05) is 34.6 Å². The SMILES string of the molecule is Cc1nc(C(C)(C)C)nc2sc(C(=O)NC(C)c3cccc(C(F)(F)F)c3)c(C)c12. The van der Waals surface area contributed by atoms with Crippen LogP contribution in [-0.4, -0.2) is 15.9 Å². The van der Waals surface area contributed by atoms with Crippen LogP contribution in [0.5, 0.6) is 0 Å². The molecule has 2 heterocycles. The van der Waals surface area contributed by atoms with E-state index in [0.29, 0.717) is 16.3 Å². The van der Waals surface area contributed by atoms with Gasteiger partial charge in [-0.05, 0) is 44.0 Å². The first-order valence-electron chi connectivity index (χ1n) is 9.55. The van der Waals surface area contributed by atoms with Gasteiger partial charge in [0.25, 0.3) is 5.91 Å². The zero-order chi connectivity index (χ0) is 22.4. The van der Waals surface area contributed by atoms with Crippen molar-refractivity contribution in [3.8, 4) is 0 Å². The number of nitrogens with one attached hydrogen (secondary N) is 1. The Morgan fingerprint density at radius 1 is 1.13 bits per heavy atom. The molecular weight excluding hydrogens is 411 g/mol. The van der Waals surface area contributed by atoms with E-state index in [4.69, 9.17) is 0 Å². The highest BCUT2D eigenvalue weighted by Gasteiger charge is 2.31. The Hall–Kier alpha value is -2.48. The molecule has 3 aromatic rings. The van der Waals surface area contributed by atoms with E-state index in [-0.39, 0.29) is 11.3 Å². The van der Waals surface area contributed by atoms with Gasteiger partial charge in [-0.15, -0.1) is 11.3 Å². The van der Waals surface area contributed by atoms with Crippen molar-refractivity contribution < 1.29 is 18.0 Å². The molecule has 30 heavy (non-hydrogen) atoms. The molecule has 1 N–H and O–H groups in total. The third-order valence-corrected chi connectivity index (χ3v) is 6.09. The first-order valence-corrected chi connectivity index (χ1v) is 10.4. The Morgan fingerprint density at radius 2 is 1.80 bits per heavy atom. The average molecular weight is 436 g/mol. The highest BCUT2D eigenvalue weighted by Crippen LogP contribution is 2.34. The number of hydrogen-bond acceptors (Lipinski definition) is 4. The minimum atomic E-state index is -4.43. The summed E-state index contributed by atoms with van der Waals surface area (Å²) in [5, 5.41) is 3.66. The molecule has 0 fully saturated rings. The minimum absolute atomic E-state index is 0.225. The second-order valence-electron chi connectivity index (χ2n) is 8.44. The van der Waals surface area contributed by atoms with E-state index < -0.39 is 17.8 Å². The van der Waals surface area contributed by atoms with Gasteiger partial charge in [0.15, 0.2) is 0 Å². The third-order valence-electron chi connectivity index (χ3n) is 4.91. The van der Waals surface area contributed by atoms with Crippen LogP contribution in [0, 0.1) is 13.8 Å². The zero-order valence-corrected chi connectivity index (χ0v) is 18.5. The quantitative estimate of drug-likeness (QED) is 0.540. The summed E-state index contributed by atoms with van der Waals surface area (Å²) in [6, 6.07) is 4.42. The van der Waals surface area contributed by atoms with Crippen LogP contribution in [0.1, 0.15) is 71.6 Å². The number of amides is 1. The number of carbonyl (C=O) groups excluding carboxylic acids is 1. The number of halogens is 3. The van der Waals surface area contributed by atoms with Crippen LogP contribution in [-0.2, 0) is 11.6 Å². The zero-order valence-electron chi connectivity index (χ0n) is 17.7. The van der Waals surface area contributed by atoms with Crippen molar-refractivity contribution in [1.82, 2.24) is 15.3 Å². The highest BCUT2D eigenvalue weighted by molar-refractivity contribution is 7.20. The maximum atomic E-state index is 13.0. The van der Waals surface area contributed by atoms with Crippen LogP contribution in [0.25, 0.3) is 10.2 Å². The smallest absolute Gasteiger partial charge is 0.345 e. The molecule has 0 aliphatic heterocycles. The number of rotatable bonds is 3. The van der Waals surface area contributed by atoms with Crippen LogP contribution < -0.4 is 5.32 Å². The minimum Gasteiger partial charge on any atom is -0.345 e. The number of alkyl halides is 3. The molecule has 4 nitrogen and oxygen atoms in total. The van der Waals surface area contributed by atoms with Crippen molar-refractivity contribution in [2.75, 3.05) is 0 Å². The molecule has 1 amide bonds. The first kappa shape index (κ1) is 22.2. The van der Waals surface area contributed by atoms with Gasteiger partial charge in [0.1, 0.15) is 10.7 Å². The van der Waals surface area contributed by atoms with Crippen molar-refractivity contribution in [3.63, 3.8) is 0 Å². The van der Waals surface area contributed by atoms with Gasteiger partial charge in [0.05, 0.1) is 22.2 Å². The van der Waals surface area contributed by atoms with Crippen molar-refractivity contribution >= 4 is 27.5 Å². The maximum Gasteiger partial charge on any atom is 0.416 e. The predicted molar refractivity (Wildman–Crippen MR) is 113 cm³/mol. The predicted octanol–water partition coefficient (Wildman–Crippen LogP) is 6.12. The lowest BCUT2D eigenvalue weighted by atomic mass is 9.95. The Balaban J connectivity index is 1.92. The number of aromatic nitrogens is 2. The number of benzene rings is 1. The Kier molecular flexibility index (Phi) is 5.66. The second kappa shape index (κ2) is 7.65. The molecule has 8 heteroatoms. The van der Waals surface area contributed by atoms with Gasteiger partial charge >= 0.3 is 6.18 Å². The fourth-order valence-corrected chi connectivity index (χ4v) is 4.36. The lowest BCUT2D eigenvalue weighted by Crippen LogP contribution is -2.26. The number of nitrogens with zero attached hydrogens (tertiary/aromatic N) is 2. The summed E-state index contributed by atoms with van der Waals surface area (Å²) in [4.78, 5) is 23.4. The molecule has 0 aliphatic rings. The molecule has 1 unspecified atom stereocenters. The standard InChI is InChI=1S/C22H24F3N3OS/c1-11-16-13(3)27-20(21(4,5)6)28-19(16)30-17(11)18(29)26-12(2)14-8-7-9-15(10-14)22(23,24)25/h7-10,12H,1-6H3,(H,26,29). The Morgan fingerprint density at radius 3 is 2.40 bits per heavy atom. The molecule has 0 bridgehead atoms. The molecule has 2 aromatic heterocycles. The number of carbonyl (C=O) groups is 1. The molecule has 1 atom stereocenters. The lowest BCUT2D eigenvalue weighted by molar-refractivity contribution is -0.137. The van der Waals surface area contributed by atoms with Gasteiger partial charge in [-0.3, -0.25) is 4.79 Å². The van der Waals surface area contributed by atoms with E-state index in [0.717, 1.165) is 33.6 Å². The fraction of sp³-hybridized carbons (Fsp3) is 0.409. The fourth-order valence-electron chi connectivity index (χ4n) is 3.22. The normalized spacial score (nSPS) is 13.5. The highest BCUT2D eigenvalue weighted by atomic mass is 32.1. The van der Waals surface area contributed by atoms with Crippen molar-refractivity contribution in [3.05, 3.63) is 57.4 Å². The summed E-state index contributed by atoms with van der Waals surface area (Å²) in [5.41, 5.74) is 1.02. The molecule has 0 aliphatic carbocycles. The summed E-state index contributed by atoms with van der Waals surface area (Å²) in [5.74, 6) is 0.371. The monoisotopic (exact) mass is 435 g/mol. The summed E-state index contributed by atoms with van der Waals surface area (Å²) in [7, 11) is 0. The van der Waals surface area contributed by atoms with Gasteiger partial charge in [0.2, 0.25) is 0 Å². The molecule has 0 radical (unpaired) electrons. The molecule has 0 spiro atoms. The van der Waals surface area contributed by atoms with Crippen molar-refractivity contribution in [2.45, 2.75) is 59.2 Å². The molecule has 0 saturated heterocycles. The van der Waals surface area contributed by atoms with Gasteiger partial charge < -0.3 is 5.32 Å². The number of fused-ring (bicyclic) bond motifs is 1. The summed E-state index contributed by atoms with van der Waals surface area (Å²) < 4.78 is 39.0. The lowest BCUT2D eigenvalue weighted by Gasteiger charge is -2.17. The largest absolute Gasteiger partial charge is 0.416 e. The van der Waals surface area contributed by atoms with Crippen LogP contribution in [0.3, 0.4) is 0 Å². The topological polar surface area (TPSA) is 54.9 Å². The number of thiophene rings is 1. The van der Waals surface area contributed by atoms with Crippen molar-refractivity contribution in [2.24, 2.45) is 0 Å². The van der Waals surface area contributed by atoms with Gasteiger partial charge in [0, 0.05) is 10.8 Å².